The standard InChI is InChI=1S/C13H19BrO2/c1-10(2)15-9-11(3)16-13-6-4-12(8-14)5-7-13/h4-7,10-11H,8-9H2,1-3H3. The summed E-state index contributed by atoms with van der Waals surface area (Å²) in [5, 5.41) is 0.874. The Labute approximate surface area is 106 Å². The van der Waals surface area contributed by atoms with E-state index in [0.29, 0.717) is 6.61 Å². The molecule has 0 bridgehead atoms. The summed E-state index contributed by atoms with van der Waals surface area (Å²) in [5.41, 5.74) is 1.25. The largest absolute Gasteiger partial charge is 0.488 e. The number of ether oxygens (including phenoxy) is 2. The number of benzene rings is 1. The van der Waals surface area contributed by atoms with Crippen LogP contribution in [-0.2, 0) is 10.1 Å². The zero-order chi connectivity index (χ0) is 12.0. The maximum atomic E-state index is 5.72. The zero-order valence-electron chi connectivity index (χ0n) is 10.1. The molecule has 0 spiro atoms. The number of rotatable bonds is 6. The minimum absolute atomic E-state index is 0.0808. The molecule has 2 nitrogen and oxygen atoms in total. The summed E-state index contributed by atoms with van der Waals surface area (Å²) in [6, 6.07) is 8.09. The van der Waals surface area contributed by atoms with Crippen molar-refractivity contribution in [1.82, 2.24) is 0 Å². The van der Waals surface area contributed by atoms with Crippen LogP contribution in [0.15, 0.2) is 24.3 Å². The van der Waals surface area contributed by atoms with Gasteiger partial charge in [-0.05, 0) is 38.5 Å². The van der Waals surface area contributed by atoms with Crippen LogP contribution in [-0.4, -0.2) is 18.8 Å². The molecule has 0 aromatic heterocycles. The van der Waals surface area contributed by atoms with Crippen LogP contribution in [0.1, 0.15) is 26.3 Å². The normalized spacial score (nSPS) is 12.8. The molecular formula is C13H19BrO2. The average molecular weight is 287 g/mol. The van der Waals surface area contributed by atoms with E-state index < -0.39 is 0 Å². The van der Waals surface area contributed by atoms with Gasteiger partial charge in [0.25, 0.3) is 0 Å². The second-order valence-electron chi connectivity index (χ2n) is 4.09. The van der Waals surface area contributed by atoms with Crippen LogP contribution in [0.5, 0.6) is 5.75 Å². The minimum atomic E-state index is 0.0808. The maximum Gasteiger partial charge on any atom is 0.119 e. The van der Waals surface area contributed by atoms with E-state index in [-0.39, 0.29) is 12.2 Å². The molecule has 1 aromatic rings. The average Bonchev–Trinajstić information content (AvgIpc) is 2.27. The van der Waals surface area contributed by atoms with Crippen LogP contribution in [0.2, 0.25) is 0 Å². The SMILES string of the molecule is CC(C)OCC(C)Oc1ccc(CBr)cc1. The maximum absolute atomic E-state index is 5.72. The van der Waals surface area contributed by atoms with E-state index >= 15 is 0 Å². The van der Waals surface area contributed by atoms with Crippen molar-refractivity contribution in [2.45, 2.75) is 38.3 Å². The van der Waals surface area contributed by atoms with Crippen LogP contribution in [0.3, 0.4) is 0 Å². The first-order valence-corrected chi connectivity index (χ1v) is 6.67. The van der Waals surface area contributed by atoms with Crippen molar-refractivity contribution >= 4 is 15.9 Å². The molecule has 0 saturated carbocycles. The molecule has 0 aliphatic carbocycles. The van der Waals surface area contributed by atoms with E-state index in [2.05, 4.69) is 28.1 Å². The summed E-state index contributed by atoms with van der Waals surface area (Å²) >= 11 is 3.41. The quantitative estimate of drug-likeness (QED) is 0.741. The highest BCUT2D eigenvalue weighted by Gasteiger charge is 2.05. The van der Waals surface area contributed by atoms with Gasteiger partial charge >= 0.3 is 0 Å². The fraction of sp³-hybridized carbons (Fsp3) is 0.538. The lowest BCUT2D eigenvalue weighted by Crippen LogP contribution is -2.21. The molecule has 0 aliphatic rings. The van der Waals surface area contributed by atoms with Crippen LogP contribution in [0.4, 0.5) is 0 Å². The molecule has 16 heavy (non-hydrogen) atoms. The number of hydrogen-bond acceptors (Lipinski definition) is 2. The van der Waals surface area contributed by atoms with E-state index in [1.807, 2.05) is 32.9 Å². The third-order valence-corrected chi connectivity index (χ3v) is 2.73. The summed E-state index contributed by atoms with van der Waals surface area (Å²) in [7, 11) is 0. The lowest BCUT2D eigenvalue weighted by molar-refractivity contribution is 0.0230. The predicted molar refractivity (Wildman–Crippen MR) is 70.3 cm³/mol. The highest BCUT2D eigenvalue weighted by Crippen LogP contribution is 2.15. The molecule has 90 valence electrons. The van der Waals surface area contributed by atoms with E-state index in [0.717, 1.165) is 11.1 Å². The van der Waals surface area contributed by atoms with Crippen molar-refractivity contribution < 1.29 is 9.47 Å². The number of halogens is 1. The Morgan fingerprint density at radius 1 is 1.12 bits per heavy atom. The van der Waals surface area contributed by atoms with Crippen molar-refractivity contribution in [2.24, 2.45) is 0 Å². The van der Waals surface area contributed by atoms with E-state index in [1.54, 1.807) is 0 Å². The Morgan fingerprint density at radius 3 is 2.25 bits per heavy atom. The molecule has 0 saturated heterocycles. The lowest BCUT2D eigenvalue weighted by Gasteiger charge is -2.16. The molecule has 0 amide bonds. The molecule has 0 N–H and O–H groups in total. The Balaban J connectivity index is 2.40. The van der Waals surface area contributed by atoms with Gasteiger partial charge in [-0.2, -0.15) is 0 Å². The summed E-state index contributed by atoms with van der Waals surface area (Å²) in [6.07, 6.45) is 0.332. The smallest absolute Gasteiger partial charge is 0.119 e. The van der Waals surface area contributed by atoms with Gasteiger partial charge in [0.2, 0.25) is 0 Å². The molecule has 1 unspecified atom stereocenters. The molecule has 1 rings (SSSR count). The molecule has 0 aliphatic heterocycles. The summed E-state index contributed by atoms with van der Waals surface area (Å²) in [6.45, 7) is 6.69. The van der Waals surface area contributed by atoms with Gasteiger partial charge in [0.1, 0.15) is 11.9 Å². The Kier molecular flexibility index (Phi) is 5.85. The first-order valence-electron chi connectivity index (χ1n) is 5.55. The third-order valence-electron chi connectivity index (χ3n) is 2.08. The minimum Gasteiger partial charge on any atom is -0.488 e. The van der Waals surface area contributed by atoms with Crippen LogP contribution >= 0.6 is 15.9 Å². The Bertz CT molecular complexity index is 295. The van der Waals surface area contributed by atoms with Gasteiger partial charge in [-0.1, -0.05) is 28.1 Å². The molecular weight excluding hydrogens is 268 g/mol. The fourth-order valence-electron chi connectivity index (χ4n) is 1.25. The highest BCUT2D eigenvalue weighted by molar-refractivity contribution is 9.08. The molecule has 0 radical (unpaired) electrons. The first-order chi connectivity index (χ1) is 7.61. The molecule has 0 fully saturated rings. The summed E-state index contributed by atoms with van der Waals surface area (Å²) in [5.74, 6) is 0.893. The second-order valence-corrected chi connectivity index (χ2v) is 4.65. The first kappa shape index (κ1) is 13.5. The van der Waals surface area contributed by atoms with Crippen LogP contribution in [0, 0.1) is 0 Å². The van der Waals surface area contributed by atoms with Crippen molar-refractivity contribution in [1.29, 1.82) is 0 Å². The van der Waals surface area contributed by atoms with Crippen molar-refractivity contribution in [3.8, 4) is 5.75 Å². The van der Waals surface area contributed by atoms with Gasteiger partial charge in [0.15, 0.2) is 0 Å². The molecule has 1 atom stereocenters. The fourth-order valence-corrected chi connectivity index (χ4v) is 1.63. The second kappa shape index (κ2) is 6.92. The van der Waals surface area contributed by atoms with Gasteiger partial charge in [-0.25, -0.2) is 0 Å². The third kappa shape index (κ3) is 4.99. The molecule has 0 heterocycles. The van der Waals surface area contributed by atoms with E-state index in [9.17, 15) is 0 Å². The monoisotopic (exact) mass is 286 g/mol. The predicted octanol–water partition coefficient (Wildman–Crippen LogP) is 3.77. The van der Waals surface area contributed by atoms with Crippen molar-refractivity contribution in [3.63, 3.8) is 0 Å². The molecule has 1 aromatic carbocycles. The van der Waals surface area contributed by atoms with Gasteiger partial charge < -0.3 is 9.47 Å². The number of alkyl halides is 1. The molecule has 3 heteroatoms. The van der Waals surface area contributed by atoms with Crippen molar-refractivity contribution in [2.75, 3.05) is 6.61 Å². The Morgan fingerprint density at radius 2 is 1.75 bits per heavy atom. The zero-order valence-corrected chi connectivity index (χ0v) is 11.7. The number of hydrogen-bond donors (Lipinski definition) is 0. The highest BCUT2D eigenvalue weighted by atomic mass is 79.9. The van der Waals surface area contributed by atoms with Gasteiger partial charge in [-0.15, -0.1) is 0 Å². The lowest BCUT2D eigenvalue weighted by atomic mass is 10.2. The summed E-state index contributed by atoms with van der Waals surface area (Å²) < 4.78 is 11.2. The topological polar surface area (TPSA) is 18.5 Å². The van der Waals surface area contributed by atoms with Crippen LogP contribution < -0.4 is 4.74 Å². The Hall–Kier alpha value is -0.540. The van der Waals surface area contributed by atoms with Crippen LogP contribution in [0.25, 0.3) is 0 Å². The van der Waals surface area contributed by atoms with Crippen molar-refractivity contribution in [3.05, 3.63) is 29.8 Å². The summed E-state index contributed by atoms with van der Waals surface area (Å²) in [4.78, 5) is 0. The van der Waals surface area contributed by atoms with Gasteiger partial charge in [0.05, 0.1) is 12.7 Å². The van der Waals surface area contributed by atoms with Gasteiger partial charge in [-0.3, -0.25) is 0 Å². The van der Waals surface area contributed by atoms with E-state index in [1.165, 1.54) is 5.56 Å². The van der Waals surface area contributed by atoms with Gasteiger partial charge in [0, 0.05) is 5.33 Å². The van der Waals surface area contributed by atoms with E-state index in [4.69, 9.17) is 9.47 Å².